The van der Waals surface area contributed by atoms with Crippen molar-refractivity contribution in [3.8, 4) is 0 Å². The predicted molar refractivity (Wildman–Crippen MR) is 58.7 cm³/mol. The molecule has 0 amide bonds. The summed E-state index contributed by atoms with van der Waals surface area (Å²) in [6.07, 6.45) is 2.00. The Hall–Kier alpha value is -1.58. The second-order valence-electron chi connectivity index (χ2n) is 3.75. The molecule has 0 saturated carbocycles. The summed E-state index contributed by atoms with van der Waals surface area (Å²) >= 11 is 0. The van der Waals surface area contributed by atoms with E-state index >= 15 is 0 Å². The quantitative estimate of drug-likeness (QED) is 0.763. The van der Waals surface area contributed by atoms with E-state index in [1.54, 1.807) is 0 Å². The molecule has 0 atom stereocenters. The van der Waals surface area contributed by atoms with Gasteiger partial charge in [-0.2, -0.15) is 10.2 Å². The van der Waals surface area contributed by atoms with Gasteiger partial charge in [-0.1, -0.05) is 0 Å². The molecule has 4 nitrogen and oxygen atoms in total. The normalized spacial score (nSPS) is 10.9. The lowest BCUT2D eigenvalue weighted by molar-refractivity contribution is 0.573. The largest absolute Gasteiger partial charge is 0.268 e. The van der Waals surface area contributed by atoms with Crippen LogP contribution in [0, 0.1) is 13.8 Å². The summed E-state index contributed by atoms with van der Waals surface area (Å²) in [5.41, 5.74) is 3.32. The zero-order valence-electron chi connectivity index (χ0n) is 9.44. The van der Waals surface area contributed by atoms with E-state index in [4.69, 9.17) is 0 Å². The Morgan fingerprint density at radius 3 is 2.60 bits per heavy atom. The minimum atomic E-state index is 0.794. The summed E-state index contributed by atoms with van der Waals surface area (Å²) in [4.78, 5) is 0. The van der Waals surface area contributed by atoms with Gasteiger partial charge in [-0.25, -0.2) is 0 Å². The summed E-state index contributed by atoms with van der Waals surface area (Å²) < 4.78 is 3.96. The van der Waals surface area contributed by atoms with Crippen LogP contribution >= 0.6 is 0 Å². The van der Waals surface area contributed by atoms with Gasteiger partial charge in [-0.3, -0.25) is 9.36 Å². The van der Waals surface area contributed by atoms with Crippen molar-refractivity contribution in [3.05, 3.63) is 35.4 Å². The van der Waals surface area contributed by atoms with Crippen molar-refractivity contribution in [2.75, 3.05) is 0 Å². The first-order valence-corrected chi connectivity index (χ1v) is 5.22. The van der Waals surface area contributed by atoms with Crippen LogP contribution < -0.4 is 0 Å². The van der Waals surface area contributed by atoms with Crippen molar-refractivity contribution in [2.24, 2.45) is 0 Å². The molecular weight excluding hydrogens is 188 g/mol. The Kier molecular flexibility index (Phi) is 2.58. The van der Waals surface area contributed by atoms with Gasteiger partial charge in [0, 0.05) is 12.7 Å². The van der Waals surface area contributed by atoms with Crippen molar-refractivity contribution < 1.29 is 0 Å². The smallest absolute Gasteiger partial charge is 0.0828 e. The SMILES string of the molecule is CCn1nc(C)cc1Cn1ccc(C)n1. The average molecular weight is 204 g/mol. The van der Waals surface area contributed by atoms with Crippen LogP contribution in [0.4, 0.5) is 0 Å². The van der Waals surface area contributed by atoms with E-state index in [9.17, 15) is 0 Å². The van der Waals surface area contributed by atoms with Gasteiger partial charge in [-0.15, -0.1) is 0 Å². The molecule has 0 aliphatic heterocycles. The van der Waals surface area contributed by atoms with Gasteiger partial charge >= 0.3 is 0 Å². The molecular formula is C11H16N4. The Morgan fingerprint density at radius 2 is 2.00 bits per heavy atom. The van der Waals surface area contributed by atoms with E-state index in [1.165, 1.54) is 5.69 Å². The van der Waals surface area contributed by atoms with Gasteiger partial charge in [0.05, 0.1) is 23.6 Å². The standard InChI is InChI=1S/C11H16N4/c1-4-15-11(7-10(3)13-15)8-14-6-5-9(2)12-14/h5-7H,4,8H2,1-3H3. The highest BCUT2D eigenvalue weighted by atomic mass is 15.3. The van der Waals surface area contributed by atoms with Crippen LogP contribution in [-0.2, 0) is 13.1 Å². The van der Waals surface area contributed by atoms with Gasteiger partial charge in [0.2, 0.25) is 0 Å². The third-order valence-electron chi connectivity index (χ3n) is 2.38. The topological polar surface area (TPSA) is 35.6 Å². The van der Waals surface area contributed by atoms with Crippen LogP contribution in [0.5, 0.6) is 0 Å². The maximum atomic E-state index is 4.41. The van der Waals surface area contributed by atoms with E-state index < -0.39 is 0 Å². The molecule has 15 heavy (non-hydrogen) atoms. The summed E-state index contributed by atoms with van der Waals surface area (Å²) in [6, 6.07) is 4.13. The number of aromatic nitrogens is 4. The molecule has 0 unspecified atom stereocenters. The monoisotopic (exact) mass is 204 g/mol. The second-order valence-corrected chi connectivity index (χ2v) is 3.75. The fraction of sp³-hybridized carbons (Fsp3) is 0.455. The van der Waals surface area contributed by atoms with Gasteiger partial charge in [-0.05, 0) is 32.9 Å². The molecule has 80 valence electrons. The first-order valence-electron chi connectivity index (χ1n) is 5.22. The number of aryl methyl sites for hydroxylation is 3. The lowest BCUT2D eigenvalue weighted by Gasteiger charge is -2.04. The molecule has 0 N–H and O–H groups in total. The molecule has 0 fully saturated rings. The van der Waals surface area contributed by atoms with Crippen LogP contribution in [0.2, 0.25) is 0 Å². The van der Waals surface area contributed by atoms with Gasteiger partial charge in [0.15, 0.2) is 0 Å². The number of hydrogen-bond acceptors (Lipinski definition) is 2. The molecule has 0 aromatic carbocycles. The number of hydrogen-bond donors (Lipinski definition) is 0. The Balaban J connectivity index is 2.23. The Bertz CT molecular complexity index is 453. The van der Waals surface area contributed by atoms with Gasteiger partial charge in [0.25, 0.3) is 0 Å². The molecule has 2 rings (SSSR count). The second kappa shape index (κ2) is 3.88. The maximum Gasteiger partial charge on any atom is 0.0828 e. The van der Waals surface area contributed by atoms with Crippen molar-refractivity contribution in [1.29, 1.82) is 0 Å². The minimum Gasteiger partial charge on any atom is -0.268 e. The van der Waals surface area contributed by atoms with Crippen LogP contribution in [-0.4, -0.2) is 19.6 Å². The third kappa shape index (κ3) is 2.09. The third-order valence-corrected chi connectivity index (χ3v) is 2.38. The summed E-state index contributed by atoms with van der Waals surface area (Å²) in [5.74, 6) is 0. The van der Waals surface area contributed by atoms with Gasteiger partial charge in [0.1, 0.15) is 0 Å². The van der Waals surface area contributed by atoms with Gasteiger partial charge < -0.3 is 0 Å². The van der Waals surface area contributed by atoms with E-state index in [-0.39, 0.29) is 0 Å². The highest BCUT2D eigenvalue weighted by Crippen LogP contribution is 2.06. The van der Waals surface area contributed by atoms with Crippen molar-refractivity contribution in [2.45, 2.75) is 33.9 Å². The fourth-order valence-corrected chi connectivity index (χ4v) is 1.72. The molecule has 0 bridgehead atoms. The highest BCUT2D eigenvalue weighted by molar-refractivity contribution is 5.09. The molecule has 0 spiro atoms. The molecule has 4 heteroatoms. The lowest BCUT2D eigenvalue weighted by atomic mass is 10.3. The van der Waals surface area contributed by atoms with Crippen LogP contribution in [0.15, 0.2) is 18.3 Å². The van der Waals surface area contributed by atoms with Crippen molar-refractivity contribution in [1.82, 2.24) is 19.6 Å². The number of nitrogens with zero attached hydrogens (tertiary/aromatic N) is 4. The predicted octanol–water partition coefficient (Wildman–Crippen LogP) is 1.76. The Labute approximate surface area is 89.5 Å². The molecule has 2 heterocycles. The lowest BCUT2D eigenvalue weighted by Crippen LogP contribution is -2.08. The molecule has 0 aliphatic carbocycles. The van der Waals surface area contributed by atoms with Crippen LogP contribution in [0.3, 0.4) is 0 Å². The van der Waals surface area contributed by atoms with Crippen molar-refractivity contribution in [3.63, 3.8) is 0 Å². The van der Waals surface area contributed by atoms with E-state index in [0.717, 1.165) is 24.5 Å². The average Bonchev–Trinajstić information content (AvgIpc) is 2.73. The van der Waals surface area contributed by atoms with Crippen LogP contribution in [0.1, 0.15) is 24.0 Å². The van der Waals surface area contributed by atoms with Crippen LogP contribution in [0.25, 0.3) is 0 Å². The molecule has 0 saturated heterocycles. The van der Waals surface area contributed by atoms with E-state index in [0.29, 0.717) is 0 Å². The fourth-order valence-electron chi connectivity index (χ4n) is 1.72. The first kappa shape index (κ1) is 9.96. The molecule has 2 aromatic rings. The molecule has 0 radical (unpaired) electrons. The maximum absolute atomic E-state index is 4.41. The summed E-state index contributed by atoms with van der Waals surface area (Å²) in [7, 11) is 0. The summed E-state index contributed by atoms with van der Waals surface area (Å²) in [5, 5.41) is 8.77. The molecule has 0 aliphatic rings. The zero-order valence-corrected chi connectivity index (χ0v) is 9.44. The van der Waals surface area contributed by atoms with E-state index in [2.05, 4.69) is 23.2 Å². The molecule has 2 aromatic heterocycles. The first-order chi connectivity index (χ1) is 7.19. The number of rotatable bonds is 3. The zero-order chi connectivity index (χ0) is 10.8. The highest BCUT2D eigenvalue weighted by Gasteiger charge is 2.04. The van der Waals surface area contributed by atoms with E-state index in [1.807, 2.05) is 35.5 Å². The minimum absolute atomic E-state index is 0.794. The Morgan fingerprint density at radius 1 is 1.20 bits per heavy atom. The summed E-state index contributed by atoms with van der Waals surface area (Å²) in [6.45, 7) is 7.82. The van der Waals surface area contributed by atoms with Crippen molar-refractivity contribution >= 4 is 0 Å².